The van der Waals surface area contributed by atoms with Crippen molar-refractivity contribution >= 4 is 23.3 Å². The molecule has 1 atom stereocenters. The second-order valence-electron chi connectivity index (χ2n) is 5.21. The minimum Gasteiger partial charge on any atom is -0.449 e. The van der Waals surface area contributed by atoms with Crippen molar-refractivity contribution in [3.8, 4) is 0 Å². The molecule has 1 aromatic rings. The van der Waals surface area contributed by atoms with Crippen molar-refractivity contribution in [1.29, 1.82) is 0 Å². The quantitative estimate of drug-likeness (QED) is 0.664. The Balaban J connectivity index is 1.89. The number of anilines is 2. The summed E-state index contributed by atoms with van der Waals surface area (Å²) in [6, 6.07) is 7.58. The number of allylic oxidation sites excluding steroid dienone is 1. The summed E-state index contributed by atoms with van der Waals surface area (Å²) in [5, 5.41) is 2.74. The van der Waals surface area contributed by atoms with E-state index in [-0.39, 0.29) is 5.91 Å². The van der Waals surface area contributed by atoms with Crippen LogP contribution in [0.15, 0.2) is 36.4 Å². The molecule has 23 heavy (non-hydrogen) atoms. The third-order valence-corrected chi connectivity index (χ3v) is 3.48. The minimum absolute atomic E-state index is 0.359. The maximum absolute atomic E-state index is 12.0. The maximum atomic E-state index is 12.0. The van der Waals surface area contributed by atoms with Gasteiger partial charge >= 0.3 is 5.97 Å². The normalized spacial score (nSPS) is 16.2. The van der Waals surface area contributed by atoms with Crippen LogP contribution in [-0.4, -0.2) is 44.3 Å². The van der Waals surface area contributed by atoms with Gasteiger partial charge in [-0.25, -0.2) is 4.79 Å². The van der Waals surface area contributed by atoms with Crippen LogP contribution in [0.2, 0.25) is 0 Å². The number of esters is 1. The first-order valence-corrected chi connectivity index (χ1v) is 7.67. The first-order chi connectivity index (χ1) is 11.1. The summed E-state index contributed by atoms with van der Waals surface area (Å²) in [6.45, 7) is 6.44. The Labute approximate surface area is 136 Å². The van der Waals surface area contributed by atoms with Crippen LogP contribution in [0.5, 0.6) is 0 Å². The predicted octanol–water partition coefficient (Wildman–Crippen LogP) is 1.97. The average molecular weight is 318 g/mol. The smallest absolute Gasteiger partial charge is 0.331 e. The molecule has 124 valence electrons. The highest BCUT2D eigenvalue weighted by Crippen LogP contribution is 2.19. The molecule has 0 bridgehead atoms. The molecule has 1 aliphatic rings. The van der Waals surface area contributed by atoms with E-state index in [9.17, 15) is 9.59 Å². The molecule has 1 aliphatic heterocycles. The summed E-state index contributed by atoms with van der Waals surface area (Å²) in [6.07, 6.45) is 2.00. The highest BCUT2D eigenvalue weighted by molar-refractivity contribution is 5.96. The van der Waals surface area contributed by atoms with Crippen molar-refractivity contribution in [2.45, 2.75) is 20.0 Å². The van der Waals surface area contributed by atoms with Gasteiger partial charge in [-0.05, 0) is 38.1 Å². The molecule has 1 saturated heterocycles. The van der Waals surface area contributed by atoms with Crippen LogP contribution in [0.1, 0.15) is 13.8 Å². The molecule has 2 rings (SSSR count). The van der Waals surface area contributed by atoms with Crippen molar-refractivity contribution in [1.82, 2.24) is 0 Å². The van der Waals surface area contributed by atoms with Gasteiger partial charge < -0.3 is 19.7 Å². The van der Waals surface area contributed by atoms with Crippen molar-refractivity contribution in [3.05, 3.63) is 36.4 Å². The van der Waals surface area contributed by atoms with Crippen LogP contribution < -0.4 is 10.2 Å². The molecule has 1 fully saturated rings. The molecule has 1 amide bonds. The predicted molar refractivity (Wildman–Crippen MR) is 88.5 cm³/mol. The Bertz CT molecular complexity index is 562. The highest BCUT2D eigenvalue weighted by atomic mass is 16.5. The maximum Gasteiger partial charge on any atom is 0.331 e. The third kappa shape index (κ3) is 5.10. The lowest BCUT2D eigenvalue weighted by molar-refractivity contribution is -0.148. The van der Waals surface area contributed by atoms with E-state index in [4.69, 9.17) is 9.47 Å². The first kappa shape index (κ1) is 17.0. The number of morpholine rings is 1. The van der Waals surface area contributed by atoms with E-state index < -0.39 is 12.1 Å². The van der Waals surface area contributed by atoms with Crippen LogP contribution >= 0.6 is 0 Å². The van der Waals surface area contributed by atoms with Crippen LogP contribution in [0.3, 0.4) is 0 Å². The van der Waals surface area contributed by atoms with Gasteiger partial charge in [-0.1, -0.05) is 6.08 Å². The first-order valence-electron chi connectivity index (χ1n) is 7.67. The number of rotatable bonds is 5. The fraction of sp³-hybridized carbons (Fsp3) is 0.412. The number of carbonyl (C=O) groups excluding carboxylic acids is 2. The van der Waals surface area contributed by atoms with Gasteiger partial charge in [0.15, 0.2) is 6.10 Å². The molecule has 0 aromatic heterocycles. The number of hydrogen-bond donors (Lipinski definition) is 1. The van der Waals surface area contributed by atoms with E-state index in [1.54, 1.807) is 19.9 Å². The molecule has 0 unspecified atom stereocenters. The molecular weight excluding hydrogens is 296 g/mol. The molecule has 0 radical (unpaired) electrons. The van der Waals surface area contributed by atoms with E-state index in [2.05, 4.69) is 10.2 Å². The van der Waals surface area contributed by atoms with E-state index >= 15 is 0 Å². The van der Waals surface area contributed by atoms with E-state index in [0.29, 0.717) is 5.69 Å². The lowest BCUT2D eigenvalue weighted by Crippen LogP contribution is -2.36. The van der Waals surface area contributed by atoms with Crippen molar-refractivity contribution in [2.24, 2.45) is 0 Å². The summed E-state index contributed by atoms with van der Waals surface area (Å²) in [4.78, 5) is 25.6. The summed E-state index contributed by atoms with van der Waals surface area (Å²) < 4.78 is 10.3. The molecule has 0 spiro atoms. The van der Waals surface area contributed by atoms with Crippen molar-refractivity contribution < 1.29 is 19.1 Å². The zero-order valence-electron chi connectivity index (χ0n) is 13.5. The number of amides is 1. The van der Waals surface area contributed by atoms with Gasteiger partial charge in [0.05, 0.1) is 13.2 Å². The second kappa shape index (κ2) is 8.33. The lowest BCUT2D eigenvalue weighted by Gasteiger charge is -2.28. The Hall–Kier alpha value is -2.34. The zero-order chi connectivity index (χ0) is 16.7. The molecule has 1 N–H and O–H groups in total. The number of nitrogens with one attached hydrogen (secondary N) is 1. The summed E-state index contributed by atoms with van der Waals surface area (Å²) in [5.74, 6) is -0.889. The number of benzene rings is 1. The SMILES string of the molecule is C/C=C/C(=O)O[C@@H](C)C(=O)Nc1ccc(N2CCOCC2)cc1. The standard InChI is InChI=1S/C17H22N2O4/c1-3-4-16(20)23-13(2)17(21)18-14-5-7-15(8-6-14)19-9-11-22-12-10-19/h3-8,13H,9-12H2,1-2H3,(H,18,21)/b4-3+/t13-/m0/s1. The third-order valence-electron chi connectivity index (χ3n) is 3.48. The Morgan fingerprint density at radius 2 is 1.91 bits per heavy atom. The van der Waals surface area contributed by atoms with Gasteiger partial charge in [0.25, 0.3) is 5.91 Å². The topological polar surface area (TPSA) is 67.9 Å². The van der Waals surface area contributed by atoms with Crippen LogP contribution in [0, 0.1) is 0 Å². The Kier molecular flexibility index (Phi) is 6.17. The molecule has 6 heteroatoms. The molecule has 1 heterocycles. The summed E-state index contributed by atoms with van der Waals surface area (Å²) in [5.41, 5.74) is 1.76. The van der Waals surface area contributed by atoms with Crippen molar-refractivity contribution in [2.75, 3.05) is 36.5 Å². The van der Waals surface area contributed by atoms with Crippen molar-refractivity contribution in [3.63, 3.8) is 0 Å². The van der Waals surface area contributed by atoms with Crippen LogP contribution in [0.4, 0.5) is 11.4 Å². The Morgan fingerprint density at radius 3 is 2.52 bits per heavy atom. The number of hydrogen-bond acceptors (Lipinski definition) is 5. The fourth-order valence-corrected chi connectivity index (χ4v) is 2.22. The summed E-state index contributed by atoms with van der Waals surface area (Å²) in [7, 11) is 0. The Morgan fingerprint density at radius 1 is 1.26 bits per heavy atom. The number of ether oxygens (including phenoxy) is 2. The summed E-state index contributed by atoms with van der Waals surface area (Å²) >= 11 is 0. The van der Waals surface area contributed by atoms with E-state index in [1.807, 2.05) is 24.3 Å². The number of nitrogens with zero attached hydrogens (tertiary/aromatic N) is 1. The van der Waals surface area contributed by atoms with Gasteiger partial charge in [0.2, 0.25) is 0 Å². The highest BCUT2D eigenvalue weighted by Gasteiger charge is 2.17. The molecule has 0 saturated carbocycles. The van der Waals surface area contributed by atoms with Gasteiger partial charge in [-0.2, -0.15) is 0 Å². The average Bonchev–Trinajstić information content (AvgIpc) is 2.56. The molecule has 1 aromatic carbocycles. The molecule has 6 nitrogen and oxygen atoms in total. The molecule has 0 aliphatic carbocycles. The van der Waals surface area contributed by atoms with Gasteiger partial charge in [0, 0.05) is 30.5 Å². The fourth-order valence-electron chi connectivity index (χ4n) is 2.22. The van der Waals surface area contributed by atoms with E-state index in [1.165, 1.54) is 6.08 Å². The van der Waals surface area contributed by atoms with Gasteiger partial charge in [0.1, 0.15) is 0 Å². The lowest BCUT2D eigenvalue weighted by atomic mass is 10.2. The molecular formula is C17H22N2O4. The zero-order valence-corrected chi connectivity index (χ0v) is 13.5. The van der Waals surface area contributed by atoms with Gasteiger partial charge in [-0.3, -0.25) is 4.79 Å². The largest absolute Gasteiger partial charge is 0.449 e. The monoisotopic (exact) mass is 318 g/mol. The van der Waals surface area contributed by atoms with E-state index in [0.717, 1.165) is 32.0 Å². The minimum atomic E-state index is -0.849. The second-order valence-corrected chi connectivity index (χ2v) is 5.21. The van der Waals surface area contributed by atoms with Gasteiger partial charge in [-0.15, -0.1) is 0 Å². The number of carbonyl (C=O) groups is 2. The van der Waals surface area contributed by atoms with Crippen LogP contribution in [-0.2, 0) is 19.1 Å². The van der Waals surface area contributed by atoms with Crippen LogP contribution in [0.25, 0.3) is 0 Å².